The zero-order valence-electron chi connectivity index (χ0n) is 53.7. The third kappa shape index (κ3) is 27.0. The van der Waals surface area contributed by atoms with Crippen LogP contribution in [0.5, 0.6) is 0 Å². The third-order valence-corrected chi connectivity index (χ3v) is 15.9. The summed E-state index contributed by atoms with van der Waals surface area (Å²) >= 11 is 0. The van der Waals surface area contributed by atoms with Crippen molar-refractivity contribution in [3.8, 4) is 0 Å². The van der Waals surface area contributed by atoms with Crippen LogP contribution in [0.3, 0.4) is 0 Å². The minimum Gasteiger partial charge on any atom is -0.370 e. The molecule has 24 N–H and O–H groups in total. The van der Waals surface area contributed by atoms with E-state index in [0.29, 0.717) is 76.4 Å². The second-order valence-corrected chi connectivity index (χ2v) is 23.9. The summed E-state index contributed by atoms with van der Waals surface area (Å²) in [5.74, 6) is -8.21. The zero-order valence-corrected chi connectivity index (χ0v) is 53.7. The molecule has 0 aromatic heterocycles. The summed E-state index contributed by atoms with van der Waals surface area (Å²) in [6, 6.07) is -2.61. The van der Waals surface area contributed by atoms with Crippen LogP contribution in [0.15, 0.2) is 40.3 Å². The van der Waals surface area contributed by atoms with Gasteiger partial charge >= 0.3 is 0 Å². The Kier molecular flexibility index (Phi) is 34.3. The first-order valence-electron chi connectivity index (χ1n) is 31.8. The molecule has 2 aliphatic rings. The minimum absolute atomic E-state index is 0.0166. The van der Waals surface area contributed by atoms with Crippen molar-refractivity contribution in [2.75, 3.05) is 45.8 Å². The van der Waals surface area contributed by atoms with Gasteiger partial charge in [-0.3, -0.25) is 62.7 Å². The molecular formula is C60H104N20O11. The highest BCUT2D eigenvalue weighted by molar-refractivity contribution is 5.99. The van der Waals surface area contributed by atoms with Gasteiger partial charge in [-0.05, 0) is 134 Å². The molecular weight excluding hydrogens is 1180 g/mol. The number of nitrogens with zero attached hydrogens (tertiary/aromatic N) is 4. The van der Waals surface area contributed by atoms with Crippen LogP contribution < -0.4 is 88.4 Å². The topological polar surface area (TPSA) is 523 Å². The summed E-state index contributed by atoms with van der Waals surface area (Å²) in [5, 5.41) is 21.7. The lowest BCUT2D eigenvalue weighted by atomic mass is 9.96. The molecule has 0 bridgehead atoms. The van der Waals surface area contributed by atoms with Crippen molar-refractivity contribution < 1.29 is 52.7 Å². The number of nitrogens with one attached hydrogen (secondary N) is 8. The van der Waals surface area contributed by atoms with Gasteiger partial charge in [0.2, 0.25) is 65.0 Å². The smallest absolute Gasteiger partial charge is 0.245 e. The summed E-state index contributed by atoms with van der Waals surface area (Å²) in [6.07, 6.45) is 5.03. The number of likely N-dealkylation sites (tertiary alicyclic amines) is 2. The molecule has 510 valence electrons. The van der Waals surface area contributed by atoms with E-state index in [9.17, 15) is 52.7 Å². The number of guanidine groups is 2. The molecule has 11 atom stereocenters. The summed E-state index contributed by atoms with van der Waals surface area (Å²) in [7, 11) is 0. The highest BCUT2D eigenvalue weighted by Gasteiger charge is 2.42. The van der Waals surface area contributed by atoms with Gasteiger partial charge in [0, 0.05) is 32.6 Å². The Labute approximate surface area is 533 Å². The standard InChI is InChI=1S/C60H104N20O11/c1-6-36(4)48(56(89)76-43(23-15-29-70-60(67)68)58(91)80-31-17-25-46(80)55(88)74-41(21-11-13-27-62)52(85)71-34-47(81)73-40(49(64)82)20-10-12-26-61)78-53(86)44(33-38-18-8-7-9-19-38)77-50(83)37(5)72-54(87)45-24-16-30-79(45)57(90)42(22-14-28-69-59(65)66)75-51(84)39(63)32-35(2)3/h7-9,18-19,35-37,39-46,48H,6,10-17,20-34,61-63H2,1-5H3,(H2,64,82)(H,71,85)(H,72,87)(H,73,81)(H,74,88)(H,75,84)(H,76,89)(H,77,83)(H,78,86)(H4,65,66,69)(H4,67,68,70). The lowest BCUT2D eigenvalue weighted by Gasteiger charge is -2.32. The third-order valence-electron chi connectivity index (χ3n) is 15.9. The number of carbonyl (C=O) groups excluding carboxylic acids is 11. The lowest BCUT2D eigenvalue weighted by Crippen LogP contribution is -2.61. The van der Waals surface area contributed by atoms with E-state index in [1.807, 2.05) is 13.8 Å². The van der Waals surface area contributed by atoms with Crippen molar-refractivity contribution >= 4 is 76.9 Å². The quantitative estimate of drug-likeness (QED) is 0.0169. The maximum atomic E-state index is 14.8. The lowest BCUT2D eigenvalue weighted by molar-refractivity contribution is -0.143. The maximum Gasteiger partial charge on any atom is 0.245 e. The second kappa shape index (κ2) is 40.5. The normalized spacial score (nSPS) is 17.5. The summed E-state index contributed by atoms with van der Waals surface area (Å²) in [6.45, 7) is 9.46. The van der Waals surface area contributed by atoms with Crippen LogP contribution in [0.2, 0.25) is 0 Å². The largest absolute Gasteiger partial charge is 0.370 e. The van der Waals surface area contributed by atoms with Gasteiger partial charge in [-0.15, -0.1) is 0 Å². The highest BCUT2D eigenvalue weighted by Crippen LogP contribution is 2.23. The fourth-order valence-corrected chi connectivity index (χ4v) is 10.7. The number of hydrogen-bond acceptors (Lipinski definition) is 16. The SMILES string of the molecule is CCC(C)C(NC(=O)C(Cc1ccccc1)NC(=O)C(C)NC(=O)C1CCCN1C(=O)C(CCCN=C(N)N)NC(=O)C(N)CC(C)C)C(=O)NC(CCCN=C(N)N)C(=O)N1CCCC1C(=O)NC(CCCCN)C(=O)NCC(=O)NC(CCCCN)C(N)=O. The number of hydrogen-bond donors (Lipinski definition) is 16. The number of nitrogens with two attached hydrogens (primary N) is 8. The highest BCUT2D eigenvalue weighted by atomic mass is 16.2. The molecule has 0 saturated carbocycles. The molecule has 1 aromatic rings. The van der Waals surface area contributed by atoms with Crippen LogP contribution in [0.25, 0.3) is 0 Å². The number of aliphatic imine (C=N–C) groups is 2. The van der Waals surface area contributed by atoms with Crippen molar-refractivity contribution in [2.24, 2.45) is 67.7 Å². The van der Waals surface area contributed by atoms with E-state index < -0.39 is 138 Å². The van der Waals surface area contributed by atoms with E-state index in [2.05, 4.69) is 52.5 Å². The Bertz CT molecular complexity index is 2620. The molecule has 1 aromatic carbocycles. The molecule has 11 unspecified atom stereocenters. The Morgan fingerprint density at radius 3 is 1.54 bits per heavy atom. The predicted octanol–water partition coefficient (Wildman–Crippen LogP) is -3.99. The predicted molar refractivity (Wildman–Crippen MR) is 344 cm³/mol. The number of carbonyl (C=O) groups is 11. The number of unbranched alkanes of at least 4 members (excludes halogenated alkanes) is 2. The van der Waals surface area contributed by atoms with Gasteiger partial charge in [-0.25, -0.2) is 0 Å². The van der Waals surface area contributed by atoms with Gasteiger partial charge in [0.15, 0.2) is 11.9 Å². The first-order chi connectivity index (χ1) is 43.2. The van der Waals surface area contributed by atoms with E-state index in [-0.39, 0.29) is 95.4 Å². The fourth-order valence-electron chi connectivity index (χ4n) is 10.7. The van der Waals surface area contributed by atoms with Crippen LogP contribution in [0.4, 0.5) is 0 Å². The molecule has 2 heterocycles. The maximum absolute atomic E-state index is 14.8. The van der Waals surface area contributed by atoms with Crippen molar-refractivity contribution in [1.29, 1.82) is 0 Å². The van der Waals surface area contributed by atoms with Crippen molar-refractivity contribution in [3.63, 3.8) is 0 Å². The second-order valence-electron chi connectivity index (χ2n) is 23.9. The molecule has 31 heteroatoms. The molecule has 11 amide bonds. The number of benzene rings is 1. The Balaban J connectivity index is 1.86. The Morgan fingerprint density at radius 1 is 0.549 bits per heavy atom. The average molecular weight is 1280 g/mol. The summed E-state index contributed by atoms with van der Waals surface area (Å²) < 4.78 is 0. The van der Waals surface area contributed by atoms with E-state index in [1.54, 1.807) is 44.2 Å². The molecule has 3 rings (SSSR count). The van der Waals surface area contributed by atoms with Crippen molar-refractivity contribution in [3.05, 3.63) is 35.9 Å². The van der Waals surface area contributed by atoms with E-state index in [0.717, 1.165) is 0 Å². The fraction of sp³-hybridized carbons (Fsp3) is 0.683. The van der Waals surface area contributed by atoms with Gasteiger partial charge in [0.1, 0.15) is 54.4 Å². The molecule has 0 radical (unpaired) electrons. The van der Waals surface area contributed by atoms with Crippen LogP contribution in [-0.2, 0) is 59.2 Å². The first kappa shape index (κ1) is 77.1. The van der Waals surface area contributed by atoms with Gasteiger partial charge in [0.25, 0.3) is 0 Å². The monoisotopic (exact) mass is 1280 g/mol. The Hall–Kier alpha value is -8.19. The van der Waals surface area contributed by atoms with Crippen molar-refractivity contribution in [1.82, 2.24) is 52.3 Å². The molecule has 0 spiro atoms. The Morgan fingerprint density at radius 2 is 1.04 bits per heavy atom. The first-order valence-corrected chi connectivity index (χ1v) is 31.8. The van der Waals surface area contributed by atoms with Gasteiger partial charge < -0.3 is 98.2 Å². The minimum atomic E-state index is -1.33. The molecule has 2 saturated heterocycles. The number of amides is 11. The molecule has 2 fully saturated rings. The summed E-state index contributed by atoms with van der Waals surface area (Å²) in [5.41, 5.74) is 45.8. The van der Waals surface area contributed by atoms with Gasteiger partial charge in [-0.2, -0.15) is 0 Å². The van der Waals surface area contributed by atoms with Crippen LogP contribution >= 0.6 is 0 Å². The molecule has 2 aliphatic heterocycles. The number of primary amides is 1. The van der Waals surface area contributed by atoms with Crippen LogP contribution in [0, 0.1) is 11.8 Å². The van der Waals surface area contributed by atoms with Gasteiger partial charge in [0.05, 0.1) is 12.6 Å². The van der Waals surface area contributed by atoms with Crippen LogP contribution in [-0.4, -0.2) is 193 Å². The van der Waals surface area contributed by atoms with E-state index >= 15 is 0 Å². The average Bonchev–Trinajstić information content (AvgIpc) is 1.99. The molecule has 0 aliphatic carbocycles. The van der Waals surface area contributed by atoms with Crippen LogP contribution in [0.1, 0.15) is 143 Å². The van der Waals surface area contributed by atoms with E-state index in [4.69, 9.17) is 45.9 Å². The zero-order chi connectivity index (χ0) is 67.7. The summed E-state index contributed by atoms with van der Waals surface area (Å²) in [4.78, 5) is 163. The molecule has 91 heavy (non-hydrogen) atoms. The number of rotatable bonds is 41. The van der Waals surface area contributed by atoms with E-state index in [1.165, 1.54) is 16.7 Å². The molecule has 31 nitrogen and oxygen atoms in total. The van der Waals surface area contributed by atoms with Crippen molar-refractivity contribution in [2.45, 2.75) is 204 Å². The van der Waals surface area contributed by atoms with Gasteiger partial charge in [-0.1, -0.05) is 64.4 Å².